The molecule has 0 atom stereocenters. The lowest BCUT2D eigenvalue weighted by atomic mass is 10.2. The molecular formula is C13H10ClNO3. The van der Waals surface area contributed by atoms with Crippen molar-refractivity contribution >= 4 is 23.4 Å². The Morgan fingerprint density at radius 1 is 1.17 bits per heavy atom. The average Bonchev–Trinajstić information content (AvgIpc) is 2.90. The van der Waals surface area contributed by atoms with Crippen LogP contribution in [0.15, 0.2) is 42.6 Å². The van der Waals surface area contributed by atoms with Gasteiger partial charge in [0.2, 0.25) is 5.78 Å². The Bertz CT molecular complexity index is 563. The van der Waals surface area contributed by atoms with E-state index in [4.69, 9.17) is 16.3 Å². The molecule has 0 radical (unpaired) electrons. The fraction of sp³-hybridized carbons (Fsp3) is 0.0769. The molecule has 0 saturated carbocycles. The van der Waals surface area contributed by atoms with E-state index in [0.717, 1.165) is 0 Å². The summed E-state index contributed by atoms with van der Waals surface area (Å²) in [4.78, 5) is 26.0. The van der Waals surface area contributed by atoms with E-state index in [0.29, 0.717) is 10.7 Å². The molecule has 0 saturated heterocycles. The van der Waals surface area contributed by atoms with Gasteiger partial charge in [-0.1, -0.05) is 23.7 Å². The minimum Gasteiger partial charge on any atom is -0.454 e. The van der Waals surface area contributed by atoms with Gasteiger partial charge >= 0.3 is 5.97 Å². The number of carbonyl (C=O) groups excluding carboxylic acids is 2. The van der Waals surface area contributed by atoms with Crippen molar-refractivity contribution in [1.29, 1.82) is 0 Å². The topological polar surface area (TPSA) is 59.2 Å². The Balaban J connectivity index is 1.97. The summed E-state index contributed by atoms with van der Waals surface area (Å²) in [5, 5.41) is 0.301. The van der Waals surface area contributed by atoms with Crippen molar-refractivity contribution in [3.8, 4) is 0 Å². The predicted molar refractivity (Wildman–Crippen MR) is 66.9 cm³/mol. The van der Waals surface area contributed by atoms with Crippen LogP contribution in [0.5, 0.6) is 0 Å². The van der Waals surface area contributed by atoms with Gasteiger partial charge in [-0.25, -0.2) is 4.79 Å². The number of aromatic nitrogens is 1. The number of Topliss-reactive ketones (excluding diaryl/α,β-unsaturated/α-hetero) is 1. The van der Waals surface area contributed by atoms with Crippen LogP contribution in [0.25, 0.3) is 0 Å². The number of aromatic amines is 1. The first-order valence-electron chi connectivity index (χ1n) is 5.26. The van der Waals surface area contributed by atoms with Crippen LogP contribution < -0.4 is 0 Å². The molecule has 0 aliphatic rings. The Morgan fingerprint density at radius 2 is 1.94 bits per heavy atom. The standard InChI is InChI=1S/C13H10ClNO3/c14-10-5-2-1-4-9(10)13(17)18-8-12(16)11-6-3-7-15-11/h1-7,15H,8H2. The van der Waals surface area contributed by atoms with E-state index in [2.05, 4.69) is 4.98 Å². The Morgan fingerprint density at radius 3 is 2.61 bits per heavy atom. The summed E-state index contributed by atoms with van der Waals surface area (Å²) in [6, 6.07) is 9.84. The number of esters is 1. The van der Waals surface area contributed by atoms with E-state index in [1.807, 2.05) is 0 Å². The Labute approximate surface area is 109 Å². The van der Waals surface area contributed by atoms with E-state index in [9.17, 15) is 9.59 Å². The molecule has 4 nitrogen and oxygen atoms in total. The van der Waals surface area contributed by atoms with E-state index < -0.39 is 5.97 Å². The third-order valence-electron chi connectivity index (χ3n) is 2.33. The van der Waals surface area contributed by atoms with Gasteiger partial charge in [-0.05, 0) is 24.3 Å². The quantitative estimate of drug-likeness (QED) is 0.681. The number of halogens is 1. The Kier molecular flexibility index (Phi) is 3.79. The number of ketones is 1. The first kappa shape index (κ1) is 12.4. The average molecular weight is 264 g/mol. The van der Waals surface area contributed by atoms with Crippen LogP contribution in [0.4, 0.5) is 0 Å². The monoisotopic (exact) mass is 263 g/mol. The molecule has 1 N–H and O–H groups in total. The molecule has 1 aromatic carbocycles. The van der Waals surface area contributed by atoms with Crippen LogP contribution in [0.2, 0.25) is 5.02 Å². The normalized spacial score (nSPS) is 10.1. The molecule has 0 amide bonds. The van der Waals surface area contributed by atoms with Gasteiger partial charge in [0, 0.05) is 6.20 Å². The van der Waals surface area contributed by atoms with E-state index in [-0.39, 0.29) is 18.0 Å². The minimum atomic E-state index is -0.611. The molecule has 0 spiro atoms. The number of hydrogen-bond acceptors (Lipinski definition) is 3. The number of carbonyl (C=O) groups is 2. The van der Waals surface area contributed by atoms with Crippen LogP contribution in [-0.2, 0) is 4.74 Å². The third kappa shape index (κ3) is 2.78. The largest absolute Gasteiger partial charge is 0.454 e. The summed E-state index contributed by atoms with van der Waals surface area (Å²) >= 11 is 5.84. The van der Waals surface area contributed by atoms with Gasteiger partial charge in [-0.15, -0.1) is 0 Å². The highest BCUT2D eigenvalue weighted by Gasteiger charge is 2.14. The maximum Gasteiger partial charge on any atom is 0.340 e. The predicted octanol–water partition coefficient (Wildman–Crippen LogP) is 2.71. The number of ether oxygens (including phenoxy) is 1. The molecule has 5 heteroatoms. The number of rotatable bonds is 4. The molecule has 2 aromatic rings. The number of benzene rings is 1. The summed E-state index contributed by atoms with van der Waals surface area (Å²) in [5.74, 6) is -0.902. The van der Waals surface area contributed by atoms with Gasteiger partial charge in [0.25, 0.3) is 0 Å². The van der Waals surface area contributed by atoms with Gasteiger partial charge in [0.05, 0.1) is 16.3 Å². The molecule has 18 heavy (non-hydrogen) atoms. The molecule has 0 aliphatic heterocycles. The van der Waals surface area contributed by atoms with Crippen molar-refractivity contribution in [3.63, 3.8) is 0 Å². The molecule has 0 fully saturated rings. The van der Waals surface area contributed by atoms with Gasteiger partial charge in [0.1, 0.15) is 0 Å². The zero-order chi connectivity index (χ0) is 13.0. The lowest BCUT2D eigenvalue weighted by Gasteiger charge is -2.04. The van der Waals surface area contributed by atoms with Crippen molar-refractivity contribution in [2.45, 2.75) is 0 Å². The lowest BCUT2D eigenvalue weighted by Crippen LogP contribution is -2.14. The summed E-state index contributed by atoms with van der Waals surface area (Å²) in [7, 11) is 0. The smallest absolute Gasteiger partial charge is 0.340 e. The zero-order valence-corrected chi connectivity index (χ0v) is 10.1. The highest BCUT2D eigenvalue weighted by molar-refractivity contribution is 6.33. The van der Waals surface area contributed by atoms with Gasteiger partial charge in [-0.2, -0.15) is 0 Å². The molecule has 1 aromatic heterocycles. The van der Waals surface area contributed by atoms with Crippen LogP contribution in [0.3, 0.4) is 0 Å². The maximum absolute atomic E-state index is 11.7. The summed E-state index contributed by atoms with van der Waals surface area (Å²) in [6.45, 7) is -0.315. The zero-order valence-electron chi connectivity index (χ0n) is 9.35. The molecular weight excluding hydrogens is 254 g/mol. The van der Waals surface area contributed by atoms with Crippen molar-refractivity contribution in [1.82, 2.24) is 4.98 Å². The Hall–Kier alpha value is -2.07. The van der Waals surface area contributed by atoms with Crippen LogP contribution in [-0.4, -0.2) is 23.3 Å². The van der Waals surface area contributed by atoms with E-state index in [1.165, 1.54) is 0 Å². The second-order valence-electron chi connectivity index (χ2n) is 3.56. The third-order valence-corrected chi connectivity index (χ3v) is 2.66. The van der Waals surface area contributed by atoms with E-state index in [1.54, 1.807) is 42.6 Å². The highest BCUT2D eigenvalue weighted by atomic mass is 35.5. The first-order chi connectivity index (χ1) is 8.68. The minimum absolute atomic E-state index is 0.249. The van der Waals surface area contributed by atoms with Crippen molar-refractivity contribution < 1.29 is 14.3 Å². The van der Waals surface area contributed by atoms with Gasteiger partial charge < -0.3 is 9.72 Å². The molecule has 0 aliphatic carbocycles. The molecule has 92 valence electrons. The SMILES string of the molecule is O=C(COC(=O)c1ccccc1Cl)c1ccc[nH]1. The number of hydrogen-bond donors (Lipinski definition) is 1. The summed E-state index contributed by atoms with van der Waals surface area (Å²) in [6.07, 6.45) is 1.63. The van der Waals surface area contributed by atoms with Crippen LogP contribution >= 0.6 is 11.6 Å². The highest BCUT2D eigenvalue weighted by Crippen LogP contribution is 2.15. The van der Waals surface area contributed by atoms with Crippen LogP contribution in [0, 0.1) is 0 Å². The van der Waals surface area contributed by atoms with Crippen molar-refractivity contribution in [3.05, 3.63) is 58.9 Å². The maximum atomic E-state index is 11.7. The second-order valence-corrected chi connectivity index (χ2v) is 3.97. The van der Waals surface area contributed by atoms with Gasteiger partial charge in [0.15, 0.2) is 6.61 Å². The van der Waals surface area contributed by atoms with E-state index >= 15 is 0 Å². The second kappa shape index (κ2) is 5.51. The molecule has 0 bridgehead atoms. The molecule has 0 unspecified atom stereocenters. The summed E-state index contributed by atoms with van der Waals surface area (Å²) < 4.78 is 4.90. The van der Waals surface area contributed by atoms with Crippen molar-refractivity contribution in [2.75, 3.05) is 6.61 Å². The van der Waals surface area contributed by atoms with Crippen molar-refractivity contribution in [2.24, 2.45) is 0 Å². The fourth-order valence-corrected chi connectivity index (χ4v) is 1.63. The first-order valence-corrected chi connectivity index (χ1v) is 5.64. The summed E-state index contributed by atoms with van der Waals surface area (Å²) in [5.41, 5.74) is 0.653. The molecule has 2 rings (SSSR count). The van der Waals surface area contributed by atoms with Crippen LogP contribution in [0.1, 0.15) is 20.8 Å². The number of H-pyrrole nitrogens is 1. The number of nitrogens with one attached hydrogen (secondary N) is 1. The molecule has 1 heterocycles. The van der Waals surface area contributed by atoms with Gasteiger partial charge in [-0.3, -0.25) is 4.79 Å². The fourth-order valence-electron chi connectivity index (χ4n) is 1.42. The lowest BCUT2D eigenvalue weighted by molar-refractivity contribution is 0.0474.